The Morgan fingerprint density at radius 2 is 2.04 bits per heavy atom. The lowest BCUT2D eigenvalue weighted by molar-refractivity contribution is 0.804. The minimum Gasteiger partial charge on any atom is -0.382 e. The molecule has 1 saturated carbocycles. The van der Waals surface area contributed by atoms with Crippen LogP contribution in [0.3, 0.4) is 0 Å². The van der Waals surface area contributed by atoms with E-state index in [1.165, 1.54) is 46.5 Å². The van der Waals surface area contributed by atoms with Gasteiger partial charge < -0.3 is 10.2 Å². The van der Waals surface area contributed by atoms with Crippen molar-refractivity contribution in [3.63, 3.8) is 0 Å². The predicted molar refractivity (Wildman–Crippen MR) is 105 cm³/mol. The lowest BCUT2D eigenvalue weighted by Gasteiger charge is -2.19. The van der Waals surface area contributed by atoms with Crippen molar-refractivity contribution in [2.75, 3.05) is 18.5 Å². The van der Waals surface area contributed by atoms with Crippen molar-refractivity contribution in [2.24, 2.45) is 0 Å². The van der Waals surface area contributed by atoms with Crippen molar-refractivity contribution < 1.29 is 0 Å². The Bertz CT molecular complexity index is 690. The van der Waals surface area contributed by atoms with Crippen LogP contribution < -0.4 is 10.2 Å². The highest BCUT2D eigenvalue weighted by atomic mass is 15.1. The molecular weight excluding hydrogens is 292 g/mol. The van der Waals surface area contributed by atoms with E-state index in [2.05, 4.69) is 74.5 Å². The Kier molecular flexibility index (Phi) is 5.13. The van der Waals surface area contributed by atoms with Crippen LogP contribution in [0.25, 0.3) is 5.57 Å². The molecule has 0 unspecified atom stereocenters. The smallest absolute Gasteiger partial charge is 0.0440 e. The van der Waals surface area contributed by atoms with Gasteiger partial charge in [0.2, 0.25) is 0 Å². The van der Waals surface area contributed by atoms with E-state index in [0.717, 1.165) is 19.4 Å². The SMILES string of the molecule is CC/C=C(NC1CC1)/C(C)=C/C1=C(C)c2ccccc2N(C)CC1. The molecule has 1 aliphatic carbocycles. The molecule has 3 rings (SSSR count). The average Bonchev–Trinajstić information content (AvgIpc) is 3.41. The second-order valence-corrected chi connectivity index (χ2v) is 7.11. The quantitative estimate of drug-likeness (QED) is 0.741. The molecule has 0 radical (unpaired) electrons. The van der Waals surface area contributed by atoms with Crippen molar-refractivity contribution in [3.8, 4) is 0 Å². The molecule has 1 N–H and O–H groups in total. The van der Waals surface area contributed by atoms with E-state index in [1.807, 2.05) is 0 Å². The average molecular weight is 322 g/mol. The molecule has 0 atom stereocenters. The van der Waals surface area contributed by atoms with Crippen LogP contribution in [-0.2, 0) is 0 Å². The summed E-state index contributed by atoms with van der Waals surface area (Å²) in [6.45, 7) is 7.80. The van der Waals surface area contributed by atoms with Gasteiger partial charge in [0.15, 0.2) is 0 Å². The fraction of sp³-hybridized carbons (Fsp3) is 0.455. The summed E-state index contributed by atoms with van der Waals surface area (Å²) in [5.74, 6) is 0. The molecule has 0 bridgehead atoms. The summed E-state index contributed by atoms with van der Waals surface area (Å²) in [6.07, 6.45) is 9.53. The number of hydrogen-bond acceptors (Lipinski definition) is 2. The second kappa shape index (κ2) is 7.29. The molecule has 1 aliphatic heterocycles. The van der Waals surface area contributed by atoms with E-state index < -0.39 is 0 Å². The van der Waals surface area contributed by atoms with E-state index in [-0.39, 0.29) is 0 Å². The van der Waals surface area contributed by atoms with Gasteiger partial charge in [0, 0.05) is 36.6 Å². The van der Waals surface area contributed by atoms with E-state index in [1.54, 1.807) is 0 Å². The van der Waals surface area contributed by atoms with Gasteiger partial charge >= 0.3 is 0 Å². The first-order valence-corrected chi connectivity index (χ1v) is 9.25. The van der Waals surface area contributed by atoms with Crippen LogP contribution >= 0.6 is 0 Å². The number of fused-ring (bicyclic) bond motifs is 1. The maximum Gasteiger partial charge on any atom is 0.0440 e. The third-order valence-corrected chi connectivity index (χ3v) is 5.08. The van der Waals surface area contributed by atoms with Crippen molar-refractivity contribution in [1.29, 1.82) is 0 Å². The van der Waals surface area contributed by atoms with Gasteiger partial charge in [0.05, 0.1) is 0 Å². The van der Waals surface area contributed by atoms with Crippen molar-refractivity contribution in [2.45, 2.75) is 52.5 Å². The van der Waals surface area contributed by atoms with Gasteiger partial charge in [0.25, 0.3) is 0 Å². The zero-order chi connectivity index (χ0) is 17.1. The van der Waals surface area contributed by atoms with Gasteiger partial charge in [-0.05, 0) is 62.3 Å². The Hall–Kier alpha value is -1.96. The number of rotatable bonds is 5. The van der Waals surface area contributed by atoms with Crippen LogP contribution in [0.2, 0.25) is 0 Å². The van der Waals surface area contributed by atoms with Gasteiger partial charge in [-0.2, -0.15) is 0 Å². The van der Waals surface area contributed by atoms with Gasteiger partial charge in [-0.15, -0.1) is 0 Å². The zero-order valence-corrected chi connectivity index (χ0v) is 15.5. The van der Waals surface area contributed by atoms with Crippen molar-refractivity contribution in [1.82, 2.24) is 5.32 Å². The number of nitrogens with one attached hydrogen (secondary N) is 1. The highest BCUT2D eigenvalue weighted by Crippen LogP contribution is 2.34. The fourth-order valence-corrected chi connectivity index (χ4v) is 3.40. The highest BCUT2D eigenvalue weighted by Gasteiger charge is 2.22. The molecule has 24 heavy (non-hydrogen) atoms. The molecule has 1 aromatic rings. The molecule has 0 aromatic heterocycles. The molecule has 0 spiro atoms. The largest absolute Gasteiger partial charge is 0.382 e. The fourth-order valence-electron chi connectivity index (χ4n) is 3.40. The first-order chi connectivity index (χ1) is 11.6. The minimum atomic E-state index is 0.696. The van der Waals surface area contributed by atoms with Gasteiger partial charge in [-0.25, -0.2) is 0 Å². The predicted octanol–water partition coefficient (Wildman–Crippen LogP) is 5.29. The third kappa shape index (κ3) is 3.75. The number of hydrogen-bond donors (Lipinski definition) is 1. The maximum atomic E-state index is 3.70. The molecule has 0 amide bonds. The van der Waals surface area contributed by atoms with Crippen LogP contribution in [0.5, 0.6) is 0 Å². The lowest BCUT2D eigenvalue weighted by Crippen LogP contribution is -2.18. The number of benzene rings is 1. The zero-order valence-electron chi connectivity index (χ0n) is 15.5. The Morgan fingerprint density at radius 1 is 1.29 bits per heavy atom. The summed E-state index contributed by atoms with van der Waals surface area (Å²) in [4.78, 5) is 2.38. The molecule has 0 saturated heterocycles. The van der Waals surface area contributed by atoms with Crippen LogP contribution in [0.15, 0.2) is 53.3 Å². The number of anilines is 1. The van der Waals surface area contributed by atoms with Crippen LogP contribution in [0, 0.1) is 0 Å². The Balaban J connectivity index is 1.94. The van der Waals surface area contributed by atoms with Crippen molar-refractivity contribution >= 4 is 11.3 Å². The van der Waals surface area contributed by atoms with Gasteiger partial charge in [-0.3, -0.25) is 0 Å². The van der Waals surface area contributed by atoms with Gasteiger partial charge in [-0.1, -0.05) is 37.3 Å². The first-order valence-electron chi connectivity index (χ1n) is 9.25. The molecule has 2 aliphatic rings. The van der Waals surface area contributed by atoms with E-state index in [4.69, 9.17) is 0 Å². The number of para-hydroxylation sites is 1. The van der Waals surface area contributed by atoms with E-state index >= 15 is 0 Å². The molecule has 128 valence electrons. The first kappa shape index (κ1) is 16.9. The third-order valence-electron chi connectivity index (χ3n) is 5.08. The van der Waals surface area contributed by atoms with E-state index in [9.17, 15) is 0 Å². The Labute approximate surface area is 146 Å². The van der Waals surface area contributed by atoms with Crippen LogP contribution in [-0.4, -0.2) is 19.6 Å². The van der Waals surface area contributed by atoms with Gasteiger partial charge in [0.1, 0.15) is 0 Å². The van der Waals surface area contributed by atoms with Crippen molar-refractivity contribution in [3.05, 3.63) is 58.8 Å². The maximum absolute atomic E-state index is 3.70. The molecule has 1 aromatic carbocycles. The molecule has 2 nitrogen and oxygen atoms in total. The topological polar surface area (TPSA) is 15.3 Å². The standard InChI is InChI=1S/C22H30N2/c1-5-8-21(23-19-11-12-19)16(2)15-18-13-14-24(4)22-10-7-6-9-20(22)17(18)3/h6-10,15,19,23H,5,11-14H2,1-4H3/b16-15+,21-8-. The summed E-state index contributed by atoms with van der Waals surface area (Å²) >= 11 is 0. The van der Waals surface area contributed by atoms with Crippen LogP contribution in [0.4, 0.5) is 5.69 Å². The molecule has 2 heteroatoms. The summed E-state index contributed by atoms with van der Waals surface area (Å²) in [6, 6.07) is 9.46. The Morgan fingerprint density at radius 3 is 2.75 bits per heavy atom. The number of allylic oxidation sites excluding steroid dienone is 4. The normalized spacial score (nSPS) is 19.2. The summed E-state index contributed by atoms with van der Waals surface area (Å²) in [5, 5.41) is 3.70. The number of nitrogens with zero attached hydrogens (tertiary/aromatic N) is 1. The van der Waals surface area contributed by atoms with Crippen LogP contribution in [0.1, 0.15) is 52.0 Å². The highest BCUT2D eigenvalue weighted by molar-refractivity contribution is 5.80. The second-order valence-electron chi connectivity index (χ2n) is 7.11. The lowest BCUT2D eigenvalue weighted by atomic mass is 9.97. The summed E-state index contributed by atoms with van der Waals surface area (Å²) in [5.41, 5.74) is 8.27. The summed E-state index contributed by atoms with van der Waals surface area (Å²) in [7, 11) is 2.20. The molecular formula is C22H30N2. The van der Waals surface area contributed by atoms with E-state index in [0.29, 0.717) is 6.04 Å². The monoisotopic (exact) mass is 322 g/mol. The minimum absolute atomic E-state index is 0.696. The summed E-state index contributed by atoms with van der Waals surface area (Å²) < 4.78 is 0. The molecule has 1 fully saturated rings. The molecule has 1 heterocycles.